The smallest absolute Gasteiger partial charge is 0.240 e. The van der Waals surface area contributed by atoms with Crippen molar-refractivity contribution in [3.8, 4) is 0 Å². The molecule has 0 radical (unpaired) electrons. The predicted octanol–water partition coefficient (Wildman–Crippen LogP) is 0.975. The second-order valence-corrected chi connectivity index (χ2v) is 6.11. The molecule has 0 bridgehead atoms. The van der Waals surface area contributed by atoms with Crippen LogP contribution in [0, 0.1) is 0 Å². The Hall–Kier alpha value is -0.610. The summed E-state index contributed by atoms with van der Waals surface area (Å²) in [7, 11) is 4.07. The van der Waals surface area contributed by atoms with Crippen molar-refractivity contribution in [1.29, 1.82) is 0 Å². The van der Waals surface area contributed by atoms with E-state index in [1.54, 1.807) is 0 Å². The van der Waals surface area contributed by atoms with Crippen LogP contribution in [0.5, 0.6) is 0 Å². The van der Waals surface area contributed by atoms with Gasteiger partial charge in [-0.05, 0) is 60.7 Å². The first-order valence-corrected chi connectivity index (χ1v) is 6.49. The van der Waals surface area contributed by atoms with Crippen molar-refractivity contribution >= 4 is 5.91 Å². The van der Waals surface area contributed by atoms with Crippen LogP contribution >= 0.6 is 0 Å². The zero-order valence-corrected chi connectivity index (χ0v) is 11.9. The summed E-state index contributed by atoms with van der Waals surface area (Å²) >= 11 is 0. The highest BCUT2D eigenvalue weighted by Gasteiger charge is 2.35. The van der Waals surface area contributed by atoms with Crippen LogP contribution in [0.15, 0.2) is 0 Å². The minimum absolute atomic E-state index is 0.0132. The van der Waals surface area contributed by atoms with E-state index in [4.69, 9.17) is 0 Å². The molecule has 4 heteroatoms. The summed E-state index contributed by atoms with van der Waals surface area (Å²) in [6, 6.07) is 0. The van der Waals surface area contributed by atoms with Crippen molar-refractivity contribution in [3.63, 3.8) is 0 Å². The Balaban J connectivity index is 2.49. The van der Waals surface area contributed by atoms with E-state index in [9.17, 15) is 4.79 Å². The molecule has 0 aromatic rings. The van der Waals surface area contributed by atoms with E-state index in [2.05, 4.69) is 29.4 Å². The first kappa shape index (κ1) is 14.5. The van der Waals surface area contributed by atoms with Crippen molar-refractivity contribution < 1.29 is 4.79 Å². The molecule has 1 unspecified atom stereocenters. The number of amides is 1. The summed E-state index contributed by atoms with van der Waals surface area (Å²) < 4.78 is 0. The molecule has 1 fully saturated rings. The maximum absolute atomic E-state index is 12.2. The number of piperidine rings is 1. The summed E-state index contributed by atoms with van der Waals surface area (Å²) in [5.74, 6) is 0.132. The van der Waals surface area contributed by atoms with Gasteiger partial charge in [-0.25, -0.2) is 0 Å². The summed E-state index contributed by atoms with van der Waals surface area (Å²) in [5.41, 5.74) is -0.388. The first-order chi connectivity index (χ1) is 7.78. The topological polar surface area (TPSA) is 44.4 Å². The molecule has 1 rings (SSSR count). The average molecular weight is 241 g/mol. The van der Waals surface area contributed by atoms with E-state index in [1.807, 2.05) is 21.0 Å². The van der Waals surface area contributed by atoms with E-state index in [0.29, 0.717) is 6.54 Å². The fourth-order valence-electron chi connectivity index (χ4n) is 1.90. The van der Waals surface area contributed by atoms with Gasteiger partial charge in [-0.15, -0.1) is 0 Å². The van der Waals surface area contributed by atoms with Gasteiger partial charge in [0.1, 0.15) is 0 Å². The molecule has 0 aromatic carbocycles. The highest BCUT2D eigenvalue weighted by atomic mass is 16.2. The largest absolute Gasteiger partial charge is 0.353 e. The number of carbonyl (C=O) groups excluding carboxylic acids is 1. The van der Waals surface area contributed by atoms with Gasteiger partial charge in [0, 0.05) is 12.1 Å². The van der Waals surface area contributed by atoms with E-state index in [-0.39, 0.29) is 17.0 Å². The Kier molecular flexibility index (Phi) is 4.55. The molecule has 4 nitrogen and oxygen atoms in total. The lowest BCUT2D eigenvalue weighted by atomic mass is 9.89. The first-order valence-electron chi connectivity index (χ1n) is 6.49. The lowest BCUT2D eigenvalue weighted by Gasteiger charge is -2.37. The Labute approximate surface area is 105 Å². The van der Waals surface area contributed by atoms with Crippen LogP contribution in [-0.4, -0.2) is 49.1 Å². The number of rotatable bonds is 4. The zero-order valence-electron chi connectivity index (χ0n) is 11.9. The summed E-state index contributed by atoms with van der Waals surface area (Å²) in [6.07, 6.45) is 3.24. The molecule has 1 aliphatic heterocycles. The second kappa shape index (κ2) is 5.36. The van der Waals surface area contributed by atoms with E-state index < -0.39 is 0 Å². The molecule has 0 spiro atoms. The fourth-order valence-corrected chi connectivity index (χ4v) is 1.90. The van der Waals surface area contributed by atoms with Crippen molar-refractivity contribution in [1.82, 2.24) is 15.5 Å². The number of nitrogens with zero attached hydrogens (tertiary/aromatic N) is 1. The molecular weight excluding hydrogens is 214 g/mol. The Morgan fingerprint density at radius 3 is 2.53 bits per heavy atom. The van der Waals surface area contributed by atoms with Gasteiger partial charge in [0.15, 0.2) is 0 Å². The Bertz CT molecular complexity index is 268. The highest BCUT2D eigenvalue weighted by molar-refractivity contribution is 5.86. The maximum Gasteiger partial charge on any atom is 0.240 e. The molecule has 1 amide bonds. The molecule has 0 aliphatic carbocycles. The van der Waals surface area contributed by atoms with Gasteiger partial charge in [-0.1, -0.05) is 0 Å². The third kappa shape index (κ3) is 3.68. The predicted molar refractivity (Wildman–Crippen MR) is 71.0 cm³/mol. The van der Waals surface area contributed by atoms with Crippen molar-refractivity contribution in [3.05, 3.63) is 0 Å². The lowest BCUT2D eigenvalue weighted by molar-refractivity contribution is -0.128. The third-order valence-corrected chi connectivity index (χ3v) is 4.01. The minimum Gasteiger partial charge on any atom is -0.353 e. The number of hydrogen-bond acceptors (Lipinski definition) is 3. The molecule has 2 N–H and O–H groups in total. The Morgan fingerprint density at radius 1 is 1.41 bits per heavy atom. The molecule has 1 saturated heterocycles. The van der Waals surface area contributed by atoms with Gasteiger partial charge in [0.25, 0.3) is 0 Å². The molecule has 0 saturated carbocycles. The number of likely N-dealkylation sites (N-methyl/N-ethyl adjacent to an activating group) is 1. The molecular formula is C13H27N3O. The summed E-state index contributed by atoms with van der Waals surface area (Å²) in [4.78, 5) is 14.3. The lowest BCUT2D eigenvalue weighted by Crippen LogP contribution is -2.59. The highest BCUT2D eigenvalue weighted by Crippen LogP contribution is 2.19. The van der Waals surface area contributed by atoms with Gasteiger partial charge in [0.2, 0.25) is 5.91 Å². The van der Waals surface area contributed by atoms with Gasteiger partial charge in [-0.2, -0.15) is 0 Å². The molecule has 100 valence electrons. The van der Waals surface area contributed by atoms with Gasteiger partial charge in [-0.3, -0.25) is 4.79 Å². The molecule has 1 atom stereocenters. The van der Waals surface area contributed by atoms with Crippen molar-refractivity contribution in [2.24, 2.45) is 0 Å². The molecule has 0 aromatic heterocycles. The fraction of sp³-hybridized carbons (Fsp3) is 0.923. The van der Waals surface area contributed by atoms with Crippen LogP contribution in [-0.2, 0) is 4.79 Å². The maximum atomic E-state index is 12.2. The summed E-state index contributed by atoms with van der Waals surface area (Å²) in [5, 5.41) is 6.41. The summed E-state index contributed by atoms with van der Waals surface area (Å²) in [6.45, 7) is 7.88. The SMILES string of the molecule is CN(C)C(C)(C)CNC(=O)C1(C)CCCCN1. The molecule has 1 heterocycles. The molecule has 1 aliphatic rings. The van der Waals surface area contributed by atoms with Crippen LogP contribution in [0.4, 0.5) is 0 Å². The zero-order chi connectivity index (χ0) is 13.1. The number of carbonyl (C=O) groups is 1. The quantitative estimate of drug-likeness (QED) is 0.771. The number of nitrogens with one attached hydrogen (secondary N) is 2. The normalized spacial score (nSPS) is 26.0. The average Bonchev–Trinajstić information content (AvgIpc) is 2.26. The number of hydrogen-bond donors (Lipinski definition) is 2. The van der Waals surface area contributed by atoms with Gasteiger partial charge in [0.05, 0.1) is 5.54 Å². The van der Waals surface area contributed by atoms with Crippen LogP contribution in [0.3, 0.4) is 0 Å². The van der Waals surface area contributed by atoms with Gasteiger partial charge >= 0.3 is 0 Å². The van der Waals surface area contributed by atoms with E-state index in [0.717, 1.165) is 19.4 Å². The standard InChI is InChI=1S/C13H27N3O/c1-12(2,16(4)5)10-14-11(17)13(3)8-6-7-9-15-13/h15H,6-10H2,1-5H3,(H,14,17). The third-order valence-electron chi connectivity index (χ3n) is 4.01. The van der Waals surface area contributed by atoms with E-state index >= 15 is 0 Å². The minimum atomic E-state index is -0.374. The van der Waals surface area contributed by atoms with Crippen molar-refractivity contribution in [2.75, 3.05) is 27.2 Å². The second-order valence-electron chi connectivity index (χ2n) is 6.11. The van der Waals surface area contributed by atoms with Gasteiger partial charge < -0.3 is 15.5 Å². The van der Waals surface area contributed by atoms with E-state index in [1.165, 1.54) is 6.42 Å². The molecule has 17 heavy (non-hydrogen) atoms. The van der Waals surface area contributed by atoms with Crippen LogP contribution in [0.1, 0.15) is 40.0 Å². The Morgan fingerprint density at radius 2 is 2.06 bits per heavy atom. The van der Waals surface area contributed by atoms with Crippen LogP contribution in [0.25, 0.3) is 0 Å². The van der Waals surface area contributed by atoms with Crippen LogP contribution in [0.2, 0.25) is 0 Å². The monoisotopic (exact) mass is 241 g/mol. The van der Waals surface area contributed by atoms with Crippen molar-refractivity contribution in [2.45, 2.75) is 51.1 Å². The van der Waals surface area contributed by atoms with Crippen LogP contribution < -0.4 is 10.6 Å².